The van der Waals surface area contributed by atoms with E-state index in [9.17, 15) is 4.79 Å². The average molecular weight is 171 g/mol. The van der Waals surface area contributed by atoms with Crippen molar-refractivity contribution in [3.8, 4) is 0 Å². The standard InChI is InChI=1S/C9H17NO2/c1-7(11)5-8-6-10(2)4-3-9(8)12/h7-8,11H,3-6H2,1-2H3. The molecule has 1 fully saturated rings. The molecule has 0 aromatic heterocycles. The third-order valence-corrected chi connectivity index (χ3v) is 2.35. The zero-order valence-corrected chi connectivity index (χ0v) is 7.79. The smallest absolute Gasteiger partial charge is 0.138 e. The van der Waals surface area contributed by atoms with Crippen molar-refractivity contribution in [2.75, 3.05) is 20.1 Å². The van der Waals surface area contributed by atoms with E-state index in [2.05, 4.69) is 4.90 Å². The summed E-state index contributed by atoms with van der Waals surface area (Å²) < 4.78 is 0. The van der Waals surface area contributed by atoms with Gasteiger partial charge in [-0.1, -0.05) is 0 Å². The fraction of sp³-hybridized carbons (Fsp3) is 0.889. The number of carbonyl (C=O) groups excluding carboxylic acids is 1. The Morgan fingerprint density at radius 3 is 3.00 bits per heavy atom. The molecule has 1 heterocycles. The van der Waals surface area contributed by atoms with Gasteiger partial charge in [-0.25, -0.2) is 0 Å². The third kappa shape index (κ3) is 2.57. The van der Waals surface area contributed by atoms with E-state index in [0.29, 0.717) is 18.6 Å². The van der Waals surface area contributed by atoms with E-state index in [1.165, 1.54) is 0 Å². The Labute approximate surface area is 73.4 Å². The number of piperidine rings is 1. The monoisotopic (exact) mass is 171 g/mol. The summed E-state index contributed by atoms with van der Waals surface area (Å²) in [5.74, 6) is 0.373. The van der Waals surface area contributed by atoms with Crippen molar-refractivity contribution in [3.63, 3.8) is 0 Å². The molecule has 0 bridgehead atoms. The van der Waals surface area contributed by atoms with Crippen LogP contribution in [0.5, 0.6) is 0 Å². The number of likely N-dealkylation sites (tertiary alicyclic amines) is 1. The van der Waals surface area contributed by atoms with Gasteiger partial charge in [-0.15, -0.1) is 0 Å². The van der Waals surface area contributed by atoms with E-state index in [0.717, 1.165) is 13.1 Å². The number of Topliss-reactive ketones (excluding diaryl/α,β-unsaturated/α-hetero) is 1. The molecule has 2 unspecified atom stereocenters. The van der Waals surface area contributed by atoms with Gasteiger partial charge in [0.1, 0.15) is 5.78 Å². The Morgan fingerprint density at radius 1 is 1.75 bits per heavy atom. The molecule has 2 atom stereocenters. The van der Waals surface area contributed by atoms with E-state index >= 15 is 0 Å². The molecule has 1 rings (SSSR count). The van der Waals surface area contributed by atoms with Gasteiger partial charge in [0.05, 0.1) is 6.10 Å². The average Bonchev–Trinajstić information content (AvgIpc) is 1.96. The van der Waals surface area contributed by atoms with Crippen LogP contribution in [0.2, 0.25) is 0 Å². The van der Waals surface area contributed by atoms with Crippen LogP contribution >= 0.6 is 0 Å². The highest BCUT2D eigenvalue weighted by Gasteiger charge is 2.25. The summed E-state index contributed by atoms with van der Waals surface area (Å²) in [5, 5.41) is 9.14. The van der Waals surface area contributed by atoms with Crippen LogP contribution < -0.4 is 0 Å². The fourth-order valence-electron chi connectivity index (χ4n) is 1.69. The van der Waals surface area contributed by atoms with Crippen molar-refractivity contribution in [2.24, 2.45) is 5.92 Å². The highest BCUT2D eigenvalue weighted by Crippen LogP contribution is 2.16. The minimum Gasteiger partial charge on any atom is -0.393 e. The largest absolute Gasteiger partial charge is 0.393 e. The van der Waals surface area contributed by atoms with Crippen molar-refractivity contribution < 1.29 is 9.90 Å². The molecule has 0 spiro atoms. The Hall–Kier alpha value is -0.410. The molecule has 0 amide bonds. The zero-order valence-electron chi connectivity index (χ0n) is 7.79. The lowest BCUT2D eigenvalue weighted by Gasteiger charge is -2.29. The highest BCUT2D eigenvalue weighted by molar-refractivity contribution is 5.82. The summed E-state index contributed by atoms with van der Waals surface area (Å²) in [6, 6.07) is 0. The van der Waals surface area contributed by atoms with Crippen molar-refractivity contribution in [1.82, 2.24) is 4.90 Å². The maximum Gasteiger partial charge on any atom is 0.138 e. The molecule has 1 N–H and O–H groups in total. The molecule has 1 aliphatic heterocycles. The van der Waals surface area contributed by atoms with Crippen LogP contribution in [0.25, 0.3) is 0 Å². The van der Waals surface area contributed by atoms with Crippen LogP contribution in [-0.4, -0.2) is 42.0 Å². The summed E-state index contributed by atoms with van der Waals surface area (Å²) in [6.07, 6.45) is 0.905. The molecule has 0 aromatic carbocycles. The number of hydrogen-bond donors (Lipinski definition) is 1. The van der Waals surface area contributed by atoms with Gasteiger partial charge in [-0.3, -0.25) is 4.79 Å². The molecule has 3 heteroatoms. The quantitative estimate of drug-likeness (QED) is 0.648. The topological polar surface area (TPSA) is 40.5 Å². The first-order valence-electron chi connectivity index (χ1n) is 4.49. The van der Waals surface area contributed by atoms with Crippen molar-refractivity contribution in [1.29, 1.82) is 0 Å². The van der Waals surface area contributed by atoms with Crippen LogP contribution in [0, 0.1) is 5.92 Å². The van der Waals surface area contributed by atoms with Gasteiger partial charge < -0.3 is 10.0 Å². The lowest BCUT2D eigenvalue weighted by molar-refractivity contribution is -0.127. The van der Waals surface area contributed by atoms with Gasteiger partial charge in [0.15, 0.2) is 0 Å². The first kappa shape index (κ1) is 9.68. The first-order valence-corrected chi connectivity index (χ1v) is 4.49. The highest BCUT2D eigenvalue weighted by atomic mass is 16.3. The molecule has 70 valence electrons. The van der Waals surface area contributed by atoms with E-state index in [-0.39, 0.29) is 12.0 Å². The molecular formula is C9H17NO2. The van der Waals surface area contributed by atoms with E-state index in [1.54, 1.807) is 6.92 Å². The van der Waals surface area contributed by atoms with Gasteiger partial charge in [-0.05, 0) is 20.4 Å². The third-order valence-electron chi connectivity index (χ3n) is 2.35. The lowest BCUT2D eigenvalue weighted by atomic mass is 9.92. The second kappa shape index (κ2) is 4.01. The van der Waals surface area contributed by atoms with Crippen molar-refractivity contribution >= 4 is 5.78 Å². The molecule has 1 aliphatic rings. The van der Waals surface area contributed by atoms with Crippen LogP contribution in [0.4, 0.5) is 0 Å². The Kier molecular flexibility index (Phi) is 3.23. The Morgan fingerprint density at radius 2 is 2.42 bits per heavy atom. The SMILES string of the molecule is CC(O)CC1CN(C)CCC1=O. The fourth-order valence-corrected chi connectivity index (χ4v) is 1.69. The van der Waals surface area contributed by atoms with Crippen LogP contribution in [-0.2, 0) is 4.79 Å². The van der Waals surface area contributed by atoms with Gasteiger partial charge in [0, 0.05) is 25.4 Å². The Balaban J connectivity index is 2.43. The molecule has 1 saturated heterocycles. The summed E-state index contributed by atoms with van der Waals surface area (Å²) in [4.78, 5) is 13.5. The van der Waals surface area contributed by atoms with Gasteiger partial charge >= 0.3 is 0 Å². The summed E-state index contributed by atoms with van der Waals surface area (Å²) in [5.41, 5.74) is 0. The number of ketones is 1. The maximum atomic E-state index is 11.3. The number of aliphatic hydroxyl groups excluding tert-OH is 1. The minimum absolute atomic E-state index is 0.0590. The number of nitrogens with zero attached hydrogens (tertiary/aromatic N) is 1. The predicted octanol–water partition coefficient (Wildman–Crippen LogP) is 0.278. The molecule has 0 radical (unpaired) electrons. The molecule has 0 aromatic rings. The molecule has 0 saturated carbocycles. The van der Waals surface area contributed by atoms with Crippen LogP contribution in [0.1, 0.15) is 19.8 Å². The summed E-state index contributed by atoms with van der Waals surface area (Å²) in [6.45, 7) is 3.42. The van der Waals surface area contributed by atoms with Crippen LogP contribution in [0.3, 0.4) is 0 Å². The number of carbonyl (C=O) groups is 1. The van der Waals surface area contributed by atoms with Crippen molar-refractivity contribution in [3.05, 3.63) is 0 Å². The normalized spacial score (nSPS) is 28.9. The Bertz CT molecular complexity index is 166. The van der Waals surface area contributed by atoms with Gasteiger partial charge in [0.2, 0.25) is 0 Å². The zero-order chi connectivity index (χ0) is 9.14. The van der Waals surface area contributed by atoms with E-state index in [4.69, 9.17) is 5.11 Å². The van der Waals surface area contributed by atoms with Crippen molar-refractivity contribution in [2.45, 2.75) is 25.9 Å². The molecule has 3 nitrogen and oxygen atoms in total. The summed E-state index contributed by atoms with van der Waals surface area (Å²) >= 11 is 0. The van der Waals surface area contributed by atoms with E-state index in [1.807, 2.05) is 7.05 Å². The maximum absolute atomic E-state index is 11.3. The van der Waals surface area contributed by atoms with Gasteiger partial charge in [-0.2, -0.15) is 0 Å². The second-order valence-electron chi connectivity index (χ2n) is 3.76. The lowest BCUT2D eigenvalue weighted by Crippen LogP contribution is -2.39. The molecule has 12 heavy (non-hydrogen) atoms. The molecular weight excluding hydrogens is 154 g/mol. The van der Waals surface area contributed by atoms with E-state index < -0.39 is 0 Å². The number of hydrogen-bond acceptors (Lipinski definition) is 3. The molecule has 0 aliphatic carbocycles. The first-order chi connectivity index (χ1) is 5.59. The number of rotatable bonds is 2. The predicted molar refractivity (Wildman–Crippen MR) is 46.9 cm³/mol. The minimum atomic E-state index is -0.356. The second-order valence-corrected chi connectivity index (χ2v) is 3.76. The summed E-state index contributed by atoms with van der Waals surface area (Å²) in [7, 11) is 2.02. The number of aliphatic hydroxyl groups is 1. The van der Waals surface area contributed by atoms with Crippen LogP contribution in [0.15, 0.2) is 0 Å². The van der Waals surface area contributed by atoms with Gasteiger partial charge in [0.25, 0.3) is 0 Å².